The van der Waals surface area contributed by atoms with Crippen molar-refractivity contribution in [3.8, 4) is 0 Å². The van der Waals surface area contributed by atoms with Gasteiger partial charge in [-0.2, -0.15) is 0 Å². The molecule has 3 rings (SSSR count). The number of morpholine rings is 1. The third-order valence-electron chi connectivity index (χ3n) is 2.96. The number of benzene rings is 1. The van der Waals surface area contributed by atoms with Gasteiger partial charge in [0.25, 0.3) is 0 Å². The number of aryl methyl sites for hydroxylation is 1. The molecule has 1 fully saturated rings. The molecule has 2 heterocycles. The minimum Gasteiger partial charge on any atom is -0.378 e. The summed E-state index contributed by atoms with van der Waals surface area (Å²) in [6, 6.07) is 6.37. The quantitative estimate of drug-likeness (QED) is 0.790. The molecule has 0 aliphatic carbocycles. The molecule has 1 aromatic heterocycles. The molecule has 1 N–H and O–H groups in total. The van der Waals surface area contributed by atoms with Gasteiger partial charge in [-0.25, -0.2) is 4.98 Å². The van der Waals surface area contributed by atoms with Crippen LogP contribution in [0.3, 0.4) is 0 Å². The molecule has 84 valence electrons. The van der Waals surface area contributed by atoms with E-state index >= 15 is 0 Å². The molecular weight excluding hydrogens is 202 g/mol. The predicted octanol–water partition coefficient (Wildman–Crippen LogP) is 1.71. The highest BCUT2D eigenvalue weighted by Crippen LogP contribution is 2.21. The molecule has 1 aromatic carbocycles. The van der Waals surface area contributed by atoms with Crippen LogP contribution in [-0.4, -0.2) is 36.3 Å². The summed E-state index contributed by atoms with van der Waals surface area (Å²) in [6.45, 7) is 5.56. The first-order valence-corrected chi connectivity index (χ1v) is 5.62. The summed E-state index contributed by atoms with van der Waals surface area (Å²) in [5, 5.41) is 0. The number of nitrogens with zero attached hydrogens (tertiary/aromatic N) is 2. The maximum atomic E-state index is 5.35. The summed E-state index contributed by atoms with van der Waals surface area (Å²) < 4.78 is 5.35. The zero-order valence-electron chi connectivity index (χ0n) is 9.36. The largest absolute Gasteiger partial charge is 0.378 e. The van der Waals surface area contributed by atoms with E-state index in [-0.39, 0.29) is 0 Å². The zero-order chi connectivity index (χ0) is 11.0. The lowest BCUT2D eigenvalue weighted by Crippen LogP contribution is -2.36. The number of rotatable bonds is 1. The number of H-pyrrole nitrogens is 1. The number of imidazole rings is 1. The number of hydrogen-bond acceptors (Lipinski definition) is 3. The molecular formula is C12H15N3O. The number of hydrogen-bond donors (Lipinski definition) is 1. The van der Waals surface area contributed by atoms with Crippen molar-refractivity contribution >= 4 is 16.7 Å². The number of anilines is 1. The Morgan fingerprint density at radius 2 is 2.12 bits per heavy atom. The fourth-order valence-electron chi connectivity index (χ4n) is 2.14. The Labute approximate surface area is 94.2 Å². The molecule has 0 bridgehead atoms. The van der Waals surface area contributed by atoms with Crippen molar-refractivity contribution in [3.63, 3.8) is 0 Å². The van der Waals surface area contributed by atoms with E-state index in [1.165, 1.54) is 5.69 Å². The van der Waals surface area contributed by atoms with Gasteiger partial charge in [-0.1, -0.05) is 0 Å². The predicted molar refractivity (Wildman–Crippen MR) is 63.9 cm³/mol. The first kappa shape index (κ1) is 9.66. The van der Waals surface area contributed by atoms with E-state index < -0.39 is 0 Å². The Morgan fingerprint density at radius 3 is 2.94 bits per heavy atom. The average Bonchev–Trinajstić information content (AvgIpc) is 2.69. The fraction of sp³-hybridized carbons (Fsp3) is 0.417. The molecule has 0 saturated carbocycles. The highest BCUT2D eigenvalue weighted by atomic mass is 16.5. The van der Waals surface area contributed by atoms with E-state index in [2.05, 4.69) is 33.1 Å². The van der Waals surface area contributed by atoms with Crippen LogP contribution in [-0.2, 0) is 4.74 Å². The first-order chi connectivity index (χ1) is 7.83. The molecule has 16 heavy (non-hydrogen) atoms. The van der Waals surface area contributed by atoms with E-state index in [0.29, 0.717) is 0 Å². The molecule has 4 heteroatoms. The second-order valence-electron chi connectivity index (χ2n) is 4.12. The van der Waals surface area contributed by atoms with Crippen LogP contribution in [0.1, 0.15) is 5.82 Å². The normalized spacial score (nSPS) is 16.9. The summed E-state index contributed by atoms with van der Waals surface area (Å²) in [5.74, 6) is 0.967. The van der Waals surface area contributed by atoms with Crippen LogP contribution in [0.25, 0.3) is 11.0 Å². The molecule has 1 aliphatic heterocycles. The minimum atomic E-state index is 0.819. The van der Waals surface area contributed by atoms with Gasteiger partial charge >= 0.3 is 0 Å². The third kappa shape index (κ3) is 1.65. The molecule has 0 unspecified atom stereocenters. The molecule has 0 amide bonds. The lowest BCUT2D eigenvalue weighted by molar-refractivity contribution is 0.122. The van der Waals surface area contributed by atoms with E-state index in [0.717, 1.165) is 43.2 Å². The highest BCUT2D eigenvalue weighted by molar-refractivity contribution is 5.79. The summed E-state index contributed by atoms with van der Waals surface area (Å²) in [7, 11) is 0. The van der Waals surface area contributed by atoms with Crippen LogP contribution >= 0.6 is 0 Å². The Bertz CT molecular complexity index is 500. The number of ether oxygens (including phenoxy) is 1. The van der Waals surface area contributed by atoms with Crippen molar-refractivity contribution in [2.45, 2.75) is 6.92 Å². The Balaban J connectivity index is 1.97. The minimum absolute atomic E-state index is 0.819. The topological polar surface area (TPSA) is 41.2 Å². The Kier molecular flexibility index (Phi) is 2.29. The van der Waals surface area contributed by atoms with E-state index in [1.54, 1.807) is 0 Å². The van der Waals surface area contributed by atoms with Crippen LogP contribution in [0, 0.1) is 6.92 Å². The van der Waals surface area contributed by atoms with Gasteiger partial charge in [0.15, 0.2) is 0 Å². The lowest BCUT2D eigenvalue weighted by atomic mass is 10.2. The van der Waals surface area contributed by atoms with Gasteiger partial charge in [-0.15, -0.1) is 0 Å². The van der Waals surface area contributed by atoms with Gasteiger partial charge in [0.05, 0.1) is 24.2 Å². The average molecular weight is 217 g/mol. The lowest BCUT2D eigenvalue weighted by Gasteiger charge is -2.28. The zero-order valence-corrected chi connectivity index (χ0v) is 9.36. The van der Waals surface area contributed by atoms with Crippen molar-refractivity contribution in [2.24, 2.45) is 0 Å². The number of aromatic amines is 1. The van der Waals surface area contributed by atoms with Crippen LogP contribution in [0.15, 0.2) is 18.2 Å². The Morgan fingerprint density at radius 1 is 1.31 bits per heavy atom. The smallest absolute Gasteiger partial charge is 0.104 e. The monoisotopic (exact) mass is 217 g/mol. The van der Waals surface area contributed by atoms with Crippen LogP contribution < -0.4 is 4.90 Å². The summed E-state index contributed by atoms with van der Waals surface area (Å²) >= 11 is 0. The van der Waals surface area contributed by atoms with Crippen molar-refractivity contribution in [3.05, 3.63) is 24.0 Å². The maximum Gasteiger partial charge on any atom is 0.104 e. The first-order valence-electron chi connectivity index (χ1n) is 5.62. The molecule has 0 spiro atoms. The van der Waals surface area contributed by atoms with Crippen molar-refractivity contribution in [2.75, 3.05) is 31.2 Å². The molecule has 1 saturated heterocycles. The van der Waals surface area contributed by atoms with Crippen LogP contribution in [0.5, 0.6) is 0 Å². The number of aromatic nitrogens is 2. The van der Waals surface area contributed by atoms with Gasteiger partial charge in [0, 0.05) is 18.8 Å². The number of nitrogens with one attached hydrogen (secondary N) is 1. The molecule has 0 radical (unpaired) electrons. The van der Waals surface area contributed by atoms with Gasteiger partial charge in [0.2, 0.25) is 0 Å². The standard InChI is InChI=1S/C12H15N3O/c1-9-13-11-3-2-10(8-12(11)14-9)15-4-6-16-7-5-15/h2-3,8H,4-7H2,1H3,(H,13,14). The molecule has 4 nitrogen and oxygen atoms in total. The van der Waals surface area contributed by atoms with Gasteiger partial charge in [-0.05, 0) is 25.1 Å². The SMILES string of the molecule is Cc1nc2ccc(N3CCOCC3)cc2[nH]1. The number of fused-ring (bicyclic) bond motifs is 1. The Hall–Kier alpha value is -1.55. The van der Waals surface area contributed by atoms with Crippen molar-refractivity contribution in [1.82, 2.24) is 9.97 Å². The van der Waals surface area contributed by atoms with Gasteiger partial charge in [-0.3, -0.25) is 0 Å². The van der Waals surface area contributed by atoms with E-state index in [1.807, 2.05) is 6.92 Å². The summed E-state index contributed by atoms with van der Waals surface area (Å²) in [4.78, 5) is 10.0. The third-order valence-corrected chi connectivity index (χ3v) is 2.96. The molecule has 0 atom stereocenters. The highest BCUT2D eigenvalue weighted by Gasteiger charge is 2.11. The van der Waals surface area contributed by atoms with Crippen molar-refractivity contribution in [1.29, 1.82) is 0 Å². The van der Waals surface area contributed by atoms with Crippen molar-refractivity contribution < 1.29 is 4.74 Å². The van der Waals surface area contributed by atoms with Crippen LogP contribution in [0.4, 0.5) is 5.69 Å². The van der Waals surface area contributed by atoms with Gasteiger partial charge < -0.3 is 14.6 Å². The molecule has 1 aliphatic rings. The van der Waals surface area contributed by atoms with E-state index in [9.17, 15) is 0 Å². The fourth-order valence-corrected chi connectivity index (χ4v) is 2.14. The van der Waals surface area contributed by atoms with E-state index in [4.69, 9.17) is 4.74 Å². The second kappa shape index (κ2) is 3.79. The second-order valence-corrected chi connectivity index (χ2v) is 4.12. The summed E-state index contributed by atoms with van der Waals surface area (Å²) in [6.07, 6.45) is 0. The maximum absolute atomic E-state index is 5.35. The van der Waals surface area contributed by atoms with Gasteiger partial charge in [0.1, 0.15) is 5.82 Å². The molecule has 2 aromatic rings. The van der Waals surface area contributed by atoms with Crippen LogP contribution in [0.2, 0.25) is 0 Å². The summed E-state index contributed by atoms with van der Waals surface area (Å²) in [5.41, 5.74) is 3.40.